The van der Waals surface area contributed by atoms with Gasteiger partial charge in [-0.1, -0.05) is 30.1 Å². The van der Waals surface area contributed by atoms with Crippen LogP contribution in [-0.4, -0.2) is 4.98 Å². The van der Waals surface area contributed by atoms with Gasteiger partial charge in [0.2, 0.25) is 0 Å². The monoisotopic (exact) mass is 251 g/mol. The van der Waals surface area contributed by atoms with Crippen LogP contribution in [0.3, 0.4) is 0 Å². The Morgan fingerprint density at radius 2 is 1.50 bits per heavy atom. The van der Waals surface area contributed by atoms with Crippen LogP contribution >= 0.6 is 23.2 Å². The molecule has 0 radical (unpaired) electrons. The Bertz CT molecular complexity index is 462. The van der Waals surface area contributed by atoms with Gasteiger partial charge in [-0.15, -0.1) is 0 Å². The molecule has 0 fully saturated rings. The zero-order chi connectivity index (χ0) is 11.5. The molecule has 1 heterocycles. The number of halogens is 2. The minimum Gasteiger partial charge on any atom is -0.265 e. The van der Waals surface area contributed by atoms with Crippen LogP contribution in [-0.2, 0) is 0 Å². The molecule has 0 aliphatic rings. The Morgan fingerprint density at radius 3 is 2.06 bits per heavy atom. The Kier molecular flexibility index (Phi) is 3.47. The molecule has 0 aliphatic heterocycles. The molecule has 1 unspecified atom stereocenters. The van der Waals surface area contributed by atoms with Crippen LogP contribution < -0.4 is 0 Å². The molecule has 3 heteroatoms. The third-order valence-electron chi connectivity index (χ3n) is 2.59. The van der Waals surface area contributed by atoms with Gasteiger partial charge in [0.15, 0.2) is 0 Å². The van der Waals surface area contributed by atoms with E-state index in [0.717, 1.165) is 5.56 Å². The minimum atomic E-state index is 0.263. The van der Waals surface area contributed by atoms with E-state index in [1.807, 2.05) is 24.3 Å². The van der Waals surface area contributed by atoms with Gasteiger partial charge >= 0.3 is 0 Å². The van der Waals surface area contributed by atoms with Crippen molar-refractivity contribution in [2.75, 3.05) is 0 Å². The largest absolute Gasteiger partial charge is 0.265 e. The van der Waals surface area contributed by atoms with E-state index in [-0.39, 0.29) is 5.92 Å². The zero-order valence-electron chi connectivity index (χ0n) is 8.82. The number of hydrogen-bond acceptors (Lipinski definition) is 1. The average Bonchev–Trinajstić information content (AvgIpc) is 2.28. The summed E-state index contributed by atoms with van der Waals surface area (Å²) in [6.45, 7) is 2.12. The van der Waals surface area contributed by atoms with Crippen LogP contribution in [0.5, 0.6) is 0 Å². The predicted molar refractivity (Wildman–Crippen MR) is 68.2 cm³/mol. The summed E-state index contributed by atoms with van der Waals surface area (Å²) >= 11 is 12.0. The first kappa shape index (κ1) is 11.4. The fourth-order valence-electron chi connectivity index (χ4n) is 1.67. The number of hydrogen-bond donors (Lipinski definition) is 0. The van der Waals surface area contributed by atoms with Gasteiger partial charge < -0.3 is 0 Å². The lowest BCUT2D eigenvalue weighted by atomic mass is 9.94. The van der Waals surface area contributed by atoms with Gasteiger partial charge in [-0.2, -0.15) is 0 Å². The van der Waals surface area contributed by atoms with Crippen LogP contribution in [0.4, 0.5) is 0 Å². The summed E-state index contributed by atoms with van der Waals surface area (Å²) in [5.74, 6) is 0.263. The quantitative estimate of drug-likeness (QED) is 0.764. The molecule has 1 nitrogen and oxygen atoms in total. The van der Waals surface area contributed by atoms with Crippen LogP contribution in [0, 0.1) is 0 Å². The van der Waals surface area contributed by atoms with E-state index in [9.17, 15) is 0 Å². The molecule has 0 spiro atoms. The minimum absolute atomic E-state index is 0.263. The van der Waals surface area contributed by atoms with E-state index in [1.54, 1.807) is 18.5 Å². The van der Waals surface area contributed by atoms with Crippen LogP contribution in [0.1, 0.15) is 24.0 Å². The van der Waals surface area contributed by atoms with E-state index in [4.69, 9.17) is 23.2 Å². The van der Waals surface area contributed by atoms with Gasteiger partial charge in [0.25, 0.3) is 0 Å². The zero-order valence-corrected chi connectivity index (χ0v) is 10.3. The highest BCUT2D eigenvalue weighted by atomic mass is 35.5. The maximum Gasteiger partial charge on any atom is 0.0423 e. The number of pyridine rings is 1. The Hall–Kier alpha value is -1.05. The van der Waals surface area contributed by atoms with Crippen molar-refractivity contribution in [2.24, 2.45) is 0 Å². The molecule has 0 amide bonds. The standard InChI is InChI=1S/C13H11Cl2N/c1-9(10-2-4-16-5-3-10)11-6-12(14)8-13(15)7-11/h2-9H,1H3. The van der Waals surface area contributed by atoms with Crippen molar-refractivity contribution in [3.05, 3.63) is 63.9 Å². The average molecular weight is 252 g/mol. The van der Waals surface area contributed by atoms with Gasteiger partial charge in [-0.05, 0) is 41.5 Å². The van der Waals surface area contributed by atoms with Gasteiger partial charge in [0.05, 0.1) is 0 Å². The summed E-state index contributed by atoms with van der Waals surface area (Å²) < 4.78 is 0. The molecule has 1 aromatic carbocycles. The van der Waals surface area contributed by atoms with Crippen LogP contribution in [0.15, 0.2) is 42.7 Å². The third kappa shape index (κ3) is 2.55. The molecule has 82 valence electrons. The van der Waals surface area contributed by atoms with Gasteiger partial charge in [0, 0.05) is 28.4 Å². The lowest BCUT2D eigenvalue weighted by molar-refractivity contribution is 0.917. The van der Waals surface area contributed by atoms with Crippen LogP contribution in [0.25, 0.3) is 0 Å². The molecule has 0 N–H and O–H groups in total. The van der Waals surface area contributed by atoms with Gasteiger partial charge in [-0.25, -0.2) is 0 Å². The molecule has 1 aromatic heterocycles. The highest BCUT2D eigenvalue weighted by molar-refractivity contribution is 6.34. The van der Waals surface area contributed by atoms with Crippen LogP contribution in [0.2, 0.25) is 10.0 Å². The van der Waals surface area contributed by atoms with Crippen molar-refractivity contribution in [1.82, 2.24) is 4.98 Å². The number of rotatable bonds is 2. The molecule has 2 aromatic rings. The van der Waals surface area contributed by atoms with Gasteiger partial charge in [0.1, 0.15) is 0 Å². The summed E-state index contributed by atoms with van der Waals surface area (Å²) in [4.78, 5) is 4.00. The van der Waals surface area contributed by atoms with Crippen molar-refractivity contribution in [1.29, 1.82) is 0 Å². The molecule has 0 saturated heterocycles. The van der Waals surface area contributed by atoms with E-state index < -0.39 is 0 Å². The summed E-state index contributed by atoms with van der Waals surface area (Å²) in [6, 6.07) is 9.63. The third-order valence-corrected chi connectivity index (χ3v) is 3.03. The Labute approximate surface area is 105 Å². The Balaban J connectivity index is 2.37. The summed E-state index contributed by atoms with van der Waals surface area (Å²) in [7, 11) is 0. The molecule has 0 saturated carbocycles. The summed E-state index contributed by atoms with van der Waals surface area (Å²) in [5.41, 5.74) is 2.32. The first-order chi connectivity index (χ1) is 7.66. The maximum atomic E-state index is 5.98. The number of benzene rings is 1. The summed E-state index contributed by atoms with van der Waals surface area (Å²) in [6.07, 6.45) is 3.58. The van der Waals surface area contributed by atoms with E-state index >= 15 is 0 Å². The smallest absolute Gasteiger partial charge is 0.0423 e. The molecule has 1 atom stereocenters. The molecular weight excluding hydrogens is 241 g/mol. The maximum absolute atomic E-state index is 5.98. The SMILES string of the molecule is CC(c1ccncc1)c1cc(Cl)cc(Cl)c1. The molecule has 16 heavy (non-hydrogen) atoms. The van der Waals surface area contributed by atoms with Crippen molar-refractivity contribution in [2.45, 2.75) is 12.8 Å². The van der Waals surface area contributed by atoms with Crippen molar-refractivity contribution in [3.8, 4) is 0 Å². The first-order valence-corrected chi connectivity index (χ1v) is 5.78. The van der Waals surface area contributed by atoms with Crippen molar-refractivity contribution >= 4 is 23.2 Å². The second-order valence-electron chi connectivity index (χ2n) is 3.71. The normalized spacial score (nSPS) is 12.4. The van der Waals surface area contributed by atoms with Gasteiger partial charge in [-0.3, -0.25) is 4.98 Å². The fourth-order valence-corrected chi connectivity index (χ4v) is 2.21. The molecule has 0 bridgehead atoms. The molecule has 0 aliphatic carbocycles. The van der Waals surface area contributed by atoms with Crippen molar-refractivity contribution in [3.63, 3.8) is 0 Å². The second-order valence-corrected chi connectivity index (χ2v) is 4.58. The molecule has 2 rings (SSSR count). The fraction of sp³-hybridized carbons (Fsp3) is 0.154. The van der Waals surface area contributed by atoms with E-state index in [0.29, 0.717) is 10.0 Å². The summed E-state index contributed by atoms with van der Waals surface area (Å²) in [5, 5.41) is 1.34. The molecular formula is C13H11Cl2N. The second kappa shape index (κ2) is 4.86. The lowest BCUT2D eigenvalue weighted by Gasteiger charge is -2.12. The lowest BCUT2D eigenvalue weighted by Crippen LogP contribution is -1.96. The topological polar surface area (TPSA) is 12.9 Å². The van der Waals surface area contributed by atoms with Crippen molar-refractivity contribution < 1.29 is 0 Å². The van der Waals surface area contributed by atoms with E-state index in [1.165, 1.54) is 5.56 Å². The highest BCUT2D eigenvalue weighted by Crippen LogP contribution is 2.28. The van der Waals surface area contributed by atoms with E-state index in [2.05, 4.69) is 11.9 Å². The first-order valence-electron chi connectivity index (χ1n) is 5.03. The highest BCUT2D eigenvalue weighted by Gasteiger charge is 2.09. The Morgan fingerprint density at radius 1 is 0.938 bits per heavy atom. The number of nitrogens with zero attached hydrogens (tertiary/aromatic N) is 1. The predicted octanol–water partition coefficient (Wildman–Crippen LogP) is 4.54. The number of aromatic nitrogens is 1.